The lowest BCUT2D eigenvalue weighted by Crippen LogP contribution is -2.49. The van der Waals surface area contributed by atoms with Gasteiger partial charge in [-0.2, -0.15) is 23.4 Å². The number of nitrogens with one attached hydrogen (secondary N) is 1. The summed E-state index contributed by atoms with van der Waals surface area (Å²) in [6, 6.07) is 6.53. The first-order valence-corrected chi connectivity index (χ1v) is 17.7. The highest BCUT2D eigenvalue weighted by Crippen LogP contribution is 2.49. The molecule has 3 N–H and O–H groups in total. The molecular formula is C36H38ClF6N9O3. The number of aromatic nitrogens is 5. The molecule has 2 aromatic carbocycles. The highest BCUT2D eigenvalue weighted by molar-refractivity contribution is 6.32. The van der Waals surface area contributed by atoms with Gasteiger partial charge in [0.15, 0.2) is 11.8 Å². The minimum absolute atomic E-state index is 0.0340. The van der Waals surface area contributed by atoms with Gasteiger partial charge in [-0.25, -0.2) is 27.6 Å². The number of alkyl carbamates (subject to hydrolysis) is 1. The highest BCUT2D eigenvalue weighted by atomic mass is 35.5. The van der Waals surface area contributed by atoms with Gasteiger partial charge in [-0.1, -0.05) is 44.5 Å². The molecule has 2 fully saturated rings. The van der Waals surface area contributed by atoms with Crippen molar-refractivity contribution in [1.29, 1.82) is 0 Å². The summed E-state index contributed by atoms with van der Waals surface area (Å²) in [5, 5.41) is 9.96. The molecule has 0 unspecified atom stereocenters. The minimum atomic E-state index is -4.76. The van der Waals surface area contributed by atoms with Gasteiger partial charge in [-0.15, -0.1) is 0 Å². The molecule has 2 aliphatic carbocycles. The Balaban J connectivity index is 1.42. The van der Waals surface area contributed by atoms with Crippen molar-refractivity contribution in [3.8, 4) is 16.8 Å². The van der Waals surface area contributed by atoms with E-state index in [1.807, 2.05) is 26.1 Å². The highest BCUT2D eigenvalue weighted by Gasteiger charge is 2.64. The van der Waals surface area contributed by atoms with Crippen molar-refractivity contribution < 1.29 is 40.7 Å². The normalized spacial score (nSPS) is 16.2. The zero-order valence-corrected chi connectivity index (χ0v) is 30.7. The predicted molar refractivity (Wildman–Crippen MR) is 189 cm³/mol. The molecule has 19 heteroatoms. The van der Waals surface area contributed by atoms with E-state index in [0.29, 0.717) is 17.5 Å². The maximum Gasteiger partial charge on any atom is 0.411 e. The lowest BCUT2D eigenvalue weighted by Gasteiger charge is -2.32. The van der Waals surface area contributed by atoms with Crippen LogP contribution in [0.4, 0.5) is 31.1 Å². The van der Waals surface area contributed by atoms with Crippen molar-refractivity contribution in [3.63, 3.8) is 0 Å². The van der Waals surface area contributed by atoms with Crippen LogP contribution in [0.1, 0.15) is 93.1 Å². The van der Waals surface area contributed by atoms with E-state index >= 15 is 4.39 Å². The van der Waals surface area contributed by atoms with Gasteiger partial charge in [0.25, 0.3) is 12.3 Å². The van der Waals surface area contributed by atoms with Crippen molar-refractivity contribution in [1.82, 2.24) is 34.8 Å². The molecule has 1 atom stereocenters. The second-order valence-electron chi connectivity index (χ2n) is 14.7. The number of halogens is 7. The van der Waals surface area contributed by atoms with E-state index in [0.717, 1.165) is 34.8 Å². The van der Waals surface area contributed by atoms with Crippen molar-refractivity contribution in [2.45, 2.75) is 83.1 Å². The number of carbonyl (C=O) groups is 2. The van der Waals surface area contributed by atoms with Gasteiger partial charge < -0.3 is 15.8 Å². The van der Waals surface area contributed by atoms with E-state index in [4.69, 9.17) is 22.1 Å². The summed E-state index contributed by atoms with van der Waals surface area (Å²) >= 11 is 6.42. The van der Waals surface area contributed by atoms with Crippen LogP contribution in [0.15, 0.2) is 60.1 Å². The van der Waals surface area contributed by atoms with E-state index in [-0.39, 0.29) is 47.1 Å². The smallest absolute Gasteiger partial charge is 0.411 e. The Labute approximate surface area is 316 Å². The number of nitrogens with zero attached hydrogens (tertiary/aromatic N) is 7. The van der Waals surface area contributed by atoms with Crippen LogP contribution in [-0.4, -0.2) is 72.3 Å². The maximum absolute atomic E-state index is 16.0. The third kappa shape index (κ3) is 8.89. The van der Waals surface area contributed by atoms with Gasteiger partial charge in [-0.3, -0.25) is 19.4 Å². The Hall–Kier alpha value is -5.13. The molecule has 12 nitrogen and oxygen atoms in total. The Morgan fingerprint density at radius 1 is 1.11 bits per heavy atom. The maximum atomic E-state index is 16.0. The molecule has 0 spiro atoms. The van der Waals surface area contributed by atoms with Crippen molar-refractivity contribution in [2.75, 3.05) is 13.2 Å². The Morgan fingerprint density at radius 2 is 1.84 bits per heavy atom. The van der Waals surface area contributed by atoms with E-state index in [1.54, 1.807) is 17.1 Å². The molecule has 55 heavy (non-hydrogen) atoms. The first kappa shape index (κ1) is 39.6. The summed E-state index contributed by atoms with van der Waals surface area (Å²) in [6.07, 6.45) is -3.34. The van der Waals surface area contributed by atoms with Crippen molar-refractivity contribution in [3.05, 3.63) is 82.9 Å². The summed E-state index contributed by atoms with van der Waals surface area (Å²) in [5.41, 5.74) is 4.27. The number of benzene rings is 2. The van der Waals surface area contributed by atoms with E-state index in [2.05, 4.69) is 20.2 Å². The monoisotopic (exact) mass is 793 g/mol. The number of nitrogens with two attached hydrogens (primary N) is 1. The van der Waals surface area contributed by atoms with Gasteiger partial charge in [0.1, 0.15) is 24.3 Å². The summed E-state index contributed by atoms with van der Waals surface area (Å²) in [4.78, 5) is 36.2. The average molecular weight is 794 g/mol. The lowest BCUT2D eigenvalue weighted by molar-refractivity contribution is -0.164. The molecule has 2 heterocycles. The quantitative estimate of drug-likeness (QED) is 0.0842. The molecule has 0 saturated heterocycles. The average Bonchev–Trinajstić information content (AvgIpc) is 4.00. The molecule has 4 aromatic rings. The number of ether oxygens (including phenoxy) is 1. The summed E-state index contributed by atoms with van der Waals surface area (Å²) < 4.78 is 92.7. The number of hydrogen-bond donors (Lipinski definition) is 2. The number of carbonyl (C=O) groups excluding carboxylic acids is 2. The largest absolute Gasteiger partial charge is 0.447 e. The summed E-state index contributed by atoms with van der Waals surface area (Å²) in [6.45, 7) is 5.09. The Bertz CT molecular complexity index is 2090. The number of rotatable bonds is 12. The molecule has 6 rings (SSSR count). The van der Waals surface area contributed by atoms with Crippen LogP contribution >= 0.6 is 11.6 Å². The summed E-state index contributed by atoms with van der Waals surface area (Å²) in [5.74, 6) is -3.22. The molecule has 0 radical (unpaired) electrons. The second-order valence-corrected chi connectivity index (χ2v) is 15.1. The lowest BCUT2D eigenvalue weighted by atomic mass is 9.92. The van der Waals surface area contributed by atoms with Crippen molar-refractivity contribution in [2.24, 2.45) is 16.1 Å². The fourth-order valence-electron chi connectivity index (χ4n) is 5.81. The number of aliphatic imine (C=N–C) groups is 1. The number of guanidine groups is 1. The number of hydrogen-bond acceptors (Lipinski definition) is 7. The van der Waals surface area contributed by atoms with Crippen LogP contribution in [-0.2, 0) is 4.74 Å². The van der Waals surface area contributed by atoms with Crippen LogP contribution in [0.3, 0.4) is 0 Å². The van der Waals surface area contributed by atoms with E-state index in [9.17, 15) is 31.5 Å². The Morgan fingerprint density at radius 3 is 2.45 bits per heavy atom. The number of amides is 2. The first-order valence-electron chi connectivity index (χ1n) is 17.3. The molecule has 2 amide bonds. The van der Waals surface area contributed by atoms with Crippen LogP contribution in [0.5, 0.6) is 0 Å². The minimum Gasteiger partial charge on any atom is -0.447 e. The molecule has 0 aliphatic heterocycles. The van der Waals surface area contributed by atoms with Gasteiger partial charge in [0.05, 0.1) is 34.6 Å². The van der Waals surface area contributed by atoms with Crippen LogP contribution in [0, 0.1) is 11.2 Å². The fourth-order valence-corrected chi connectivity index (χ4v) is 6.00. The molecule has 2 aliphatic rings. The topological polar surface area (TPSA) is 146 Å². The second kappa shape index (κ2) is 15.2. The molecule has 0 bridgehead atoms. The van der Waals surface area contributed by atoms with E-state index in [1.165, 1.54) is 30.3 Å². The zero-order valence-electron chi connectivity index (χ0n) is 30.0. The molecule has 294 valence electrons. The predicted octanol–water partition coefficient (Wildman–Crippen LogP) is 7.95. The fraction of sp³-hybridized carbons (Fsp3) is 0.444. The van der Waals surface area contributed by atoms with Crippen LogP contribution in [0.2, 0.25) is 5.02 Å². The van der Waals surface area contributed by atoms with Crippen LogP contribution < -0.4 is 11.1 Å². The number of alkyl halides is 5. The third-order valence-electron chi connectivity index (χ3n) is 9.33. The van der Waals surface area contributed by atoms with Gasteiger partial charge >= 0.3 is 12.3 Å². The SMILES string of the molecule is CC(C)(C)CCN=C(N)N(C(=O)c1ccc(-c2cnn(C3CC3)c2)cc1F)[C@H](COC(=O)NC1(C(F)(F)F)CC1)c1ccc(Cl)c(-n2ncnc2C(F)F)c1. The first-order chi connectivity index (χ1) is 25.9. The van der Waals surface area contributed by atoms with E-state index < -0.39 is 66.0 Å². The van der Waals surface area contributed by atoms with Gasteiger partial charge in [0.2, 0.25) is 0 Å². The van der Waals surface area contributed by atoms with Crippen LogP contribution in [0.25, 0.3) is 16.8 Å². The van der Waals surface area contributed by atoms with Gasteiger partial charge in [-0.05, 0) is 72.9 Å². The van der Waals surface area contributed by atoms with Gasteiger partial charge in [0, 0.05) is 18.3 Å². The zero-order chi connectivity index (χ0) is 39.9. The third-order valence-corrected chi connectivity index (χ3v) is 9.65. The molecule has 2 aromatic heterocycles. The summed E-state index contributed by atoms with van der Waals surface area (Å²) in [7, 11) is 0. The standard InChI is InChI=1S/C36H38ClF6N9O3/c1-34(2,3)12-13-45-32(44)51(31(53)24-8-4-20(14-26(24)38)22-16-47-50(17-22)23-6-7-23)28(18-55-33(54)49-35(10-11-35)36(41,42)43)21-5-9-25(37)27(15-21)52-30(29(39)40)46-19-48-52/h4-5,8-9,14-17,19,23,28-29H,6-7,10-13,18H2,1-3H3,(H2,44,45)(H,49,54)/t28-/m1/s1. The molecule has 2 saturated carbocycles. The molecular weight excluding hydrogens is 756 g/mol. The Kier molecular flexibility index (Phi) is 10.9. The van der Waals surface area contributed by atoms with Crippen molar-refractivity contribution >= 4 is 29.6 Å².